The van der Waals surface area contributed by atoms with E-state index < -0.39 is 0 Å². The van der Waals surface area contributed by atoms with E-state index in [9.17, 15) is 0 Å². The van der Waals surface area contributed by atoms with Crippen molar-refractivity contribution in [2.24, 2.45) is 0 Å². The maximum Gasteiger partial charge on any atom is 0.0859 e. The van der Waals surface area contributed by atoms with Crippen LogP contribution in [0.25, 0.3) is 0 Å². The fourth-order valence-electron chi connectivity index (χ4n) is 3.26. The topological polar surface area (TPSA) is 68.6 Å². The van der Waals surface area contributed by atoms with E-state index in [0.29, 0.717) is 5.92 Å². The van der Waals surface area contributed by atoms with E-state index >= 15 is 0 Å². The Kier molecular flexibility index (Phi) is 4.04. The molecule has 0 aromatic carbocycles. The number of H-pyrrole nitrogens is 1. The summed E-state index contributed by atoms with van der Waals surface area (Å²) >= 11 is 0. The van der Waals surface area contributed by atoms with Crippen LogP contribution in [0, 0.1) is 13.8 Å². The third kappa shape index (κ3) is 3.21. The summed E-state index contributed by atoms with van der Waals surface area (Å²) in [6.45, 7) is 10.0. The van der Waals surface area contributed by atoms with Crippen molar-refractivity contribution in [2.75, 3.05) is 6.61 Å². The van der Waals surface area contributed by atoms with Crippen molar-refractivity contribution in [1.29, 1.82) is 0 Å². The largest absolute Gasteiger partial charge is 0.376 e. The first-order valence-electron chi connectivity index (χ1n) is 7.99. The van der Waals surface area contributed by atoms with Crippen molar-refractivity contribution >= 4 is 0 Å². The van der Waals surface area contributed by atoms with Gasteiger partial charge < -0.3 is 4.74 Å². The minimum Gasteiger partial charge on any atom is -0.376 e. The molecule has 1 aliphatic heterocycles. The molecule has 1 fully saturated rings. The highest BCUT2D eigenvalue weighted by molar-refractivity contribution is 5.23. The second-order valence-electron chi connectivity index (χ2n) is 6.87. The molecule has 0 saturated carbocycles. The highest BCUT2D eigenvalue weighted by Crippen LogP contribution is 2.34. The van der Waals surface area contributed by atoms with Crippen LogP contribution in [-0.2, 0) is 17.7 Å². The van der Waals surface area contributed by atoms with Crippen molar-refractivity contribution < 1.29 is 4.74 Å². The van der Waals surface area contributed by atoms with Gasteiger partial charge in [0.25, 0.3) is 0 Å². The van der Waals surface area contributed by atoms with Crippen LogP contribution >= 0.6 is 0 Å². The molecule has 2 aromatic heterocycles. The smallest absolute Gasteiger partial charge is 0.0859 e. The lowest BCUT2D eigenvalue weighted by Gasteiger charge is -2.34. The van der Waals surface area contributed by atoms with Crippen molar-refractivity contribution in [3.8, 4) is 0 Å². The lowest BCUT2D eigenvalue weighted by Crippen LogP contribution is -2.33. The molecule has 2 aromatic rings. The van der Waals surface area contributed by atoms with Crippen LogP contribution in [0.5, 0.6) is 0 Å². The Hall–Kier alpha value is -1.69. The molecule has 1 atom stereocenters. The SMILES string of the molecule is Cc1n[nH]c(C)c1CCn1cc([C@@H]2CCOC(C)(C)C2)nn1. The molecule has 1 N–H and O–H groups in total. The minimum atomic E-state index is -0.0578. The zero-order valence-electron chi connectivity index (χ0n) is 13.9. The minimum absolute atomic E-state index is 0.0578. The van der Waals surface area contributed by atoms with Crippen LogP contribution in [0.15, 0.2) is 6.20 Å². The van der Waals surface area contributed by atoms with E-state index in [-0.39, 0.29) is 5.60 Å². The van der Waals surface area contributed by atoms with Crippen molar-refractivity contribution in [3.05, 3.63) is 28.8 Å². The van der Waals surface area contributed by atoms with Crippen molar-refractivity contribution in [1.82, 2.24) is 25.2 Å². The zero-order valence-corrected chi connectivity index (χ0v) is 13.9. The van der Waals surface area contributed by atoms with Gasteiger partial charge >= 0.3 is 0 Å². The molecule has 3 rings (SSSR count). The maximum atomic E-state index is 5.78. The first-order chi connectivity index (χ1) is 10.4. The number of hydrogen-bond donors (Lipinski definition) is 1. The number of aryl methyl sites for hydroxylation is 3. The second kappa shape index (κ2) is 5.83. The highest BCUT2D eigenvalue weighted by atomic mass is 16.5. The fraction of sp³-hybridized carbons (Fsp3) is 0.688. The Labute approximate surface area is 131 Å². The van der Waals surface area contributed by atoms with Crippen LogP contribution in [0.1, 0.15) is 55.3 Å². The standard InChI is InChI=1S/C16H25N5O/c1-11-14(12(2)18-17-11)5-7-21-10-15(19-20-21)13-6-8-22-16(3,4)9-13/h10,13H,5-9H2,1-4H3,(H,17,18)/t13-/m1/s1. The Balaban J connectivity index is 1.64. The molecule has 6 nitrogen and oxygen atoms in total. The van der Waals surface area contributed by atoms with E-state index in [1.165, 1.54) is 5.56 Å². The van der Waals surface area contributed by atoms with Gasteiger partial charge in [-0.3, -0.25) is 9.78 Å². The van der Waals surface area contributed by atoms with Gasteiger partial charge in [0.15, 0.2) is 0 Å². The van der Waals surface area contributed by atoms with Crippen LogP contribution < -0.4 is 0 Å². The summed E-state index contributed by atoms with van der Waals surface area (Å²) in [7, 11) is 0. The highest BCUT2D eigenvalue weighted by Gasteiger charge is 2.31. The quantitative estimate of drug-likeness (QED) is 0.942. The van der Waals surface area contributed by atoms with Gasteiger partial charge in [-0.05, 0) is 52.5 Å². The van der Waals surface area contributed by atoms with Crippen LogP contribution in [0.3, 0.4) is 0 Å². The summed E-state index contributed by atoms with van der Waals surface area (Å²) in [5, 5.41) is 15.9. The first kappa shape index (κ1) is 15.2. The van der Waals surface area contributed by atoms with Gasteiger partial charge in [0.2, 0.25) is 0 Å². The Morgan fingerprint density at radius 1 is 1.41 bits per heavy atom. The Bertz CT molecular complexity index is 623. The molecule has 0 bridgehead atoms. The van der Waals surface area contributed by atoms with Crippen LogP contribution in [-0.4, -0.2) is 37.4 Å². The monoisotopic (exact) mass is 303 g/mol. The summed E-state index contributed by atoms with van der Waals surface area (Å²) < 4.78 is 7.73. The molecular weight excluding hydrogens is 278 g/mol. The summed E-state index contributed by atoms with van der Waals surface area (Å²) in [6, 6.07) is 0. The summed E-state index contributed by atoms with van der Waals surface area (Å²) in [5.41, 5.74) is 4.53. The van der Waals surface area contributed by atoms with E-state index in [1.807, 2.05) is 11.6 Å². The van der Waals surface area contributed by atoms with Gasteiger partial charge in [-0.1, -0.05) is 5.21 Å². The summed E-state index contributed by atoms with van der Waals surface area (Å²) in [5.74, 6) is 0.454. The molecule has 1 aliphatic rings. The molecule has 0 radical (unpaired) electrons. The Morgan fingerprint density at radius 2 is 2.23 bits per heavy atom. The average Bonchev–Trinajstić information content (AvgIpc) is 3.04. The predicted octanol–water partition coefficient (Wildman–Crippen LogP) is 2.53. The lowest BCUT2D eigenvalue weighted by atomic mass is 9.86. The van der Waals surface area contributed by atoms with Gasteiger partial charge in [-0.25, -0.2) is 0 Å². The van der Waals surface area contributed by atoms with Gasteiger partial charge in [-0.15, -0.1) is 5.10 Å². The fourth-order valence-corrected chi connectivity index (χ4v) is 3.26. The number of aromatic amines is 1. The molecule has 0 spiro atoms. The zero-order chi connectivity index (χ0) is 15.7. The van der Waals surface area contributed by atoms with Gasteiger partial charge in [-0.2, -0.15) is 5.10 Å². The van der Waals surface area contributed by atoms with E-state index in [0.717, 1.165) is 49.5 Å². The molecule has 3 heterocycles. The summed E-state index contributed by atoms with van der Waals surface area (Å²) in [6.07, 6.45) is 5.06. The van der Waals surface area contributed by atoms with Crippen molar-refractivity contribution in [3.63, 3.8) is 0 Å². The number of ether oxygens (including phenoxy) is 1. The maximum absolute atomic E-state index is 5.78. The molecule has 0 aliphatic carbocycles. The molecule has 0 amide bonds. The lowest BCUT2D eigenvalue weighted by molar-refractivity contribution is -0.0597. The van der Waals surface area contributed by atoms with Crippen LogP contribution in [0.2, 0.25) is 0 Å². The second-order valence-corrected chi connectivity index (χ2v) is 6.87. The summed E-state index contributed by atoms with van der Waals surface area (Å²) in [4.78, 5) is 0. The number of nitrogens with one attached hydrogen (secondary N) is 1. The van der Waals surface area contributed by atoms with Gasteiger partial charge in [0, 0.05) is 31.0 Å². The third-order valence-corrected chi connectivity index (χ3v) is 4.54. The Morgan fingerprint density at radius 3 is 2.91 bits per heavy atom. The van der Waals surface area contributed by atoms with Crippen LogP contribution in [0.4, 0.5) is 0 Å². The van der Waals surface area contributed by atoms with Crippen molar-refractivity contribution in [2.45, 2.75) is 65.0 Å². The van der Waals surface area contributed by atoms with Gasteiger partial charge in [0.05, 0.1) is 17.0 Å². The number of nitrogens with zero attached hydrogens (tertiary/aromatic N) is 4. The molecule has 1 saturated heterocycles. The molecule has 6 heteroatoms. The predicted molar refractivity (Wildman–Crippen MR) is 83.8 cm³/mol. The van der Waals surface area contributed by atoms with Gasteiger partial charge in [0.1, 0.15) is 0 Å². The normalized spacial score (nSPS) is 21.2. The average molecular weight is 303 g/mol. The molecule has 22 heavy (non-hydrogen) atoms. The molecular formula is C16H25N5O. The number of hydrogen-bond acceptors (Lipinski definition) is 4. The van der Waals surface area contributed by atoms with E-state index in [2.05, 4.69) is 47.5 Å². The number of rotatable bonds is 4. The molecule has 0 unspecified atom stereocenters. The van der Waals surface area contributed by atoms with E-state index in [4.69, 9.17) is 4.74 Å². The third-order valence-electron chi connectivity index (χ3n) is 4.54. The molecule has 120 valence electrons. The number of aromatic nitrogens is 5. The first-order valence-corrected chi connectivity index (χ1v) is 7.99. The van der Waals surface area contributed by atoms with E-state index in [1.54, 1.807) is 0 Å².